The Balaban J connectivity index is 0.000000300. The Kier molecular flexibility index (Phi) is 7.12. The van der Waals surface area contributed by atoms with Gasteiger partial charge in [0.05, 0.1) is 0 Å². The molecule has 1 aromatic heterocycles. The monoisotopic (exact) mass is 383 g/mol. The maximum absolute atomic E-state index is 10.5. The van der Waals surface area contributed by atoms with Gasteiger partial charge in [-0.25, -0.2) is 0 Å². The SMILES string of the molecule is CC(C)(C)c1cccc(-n2nc3ccccc3n2)c1O.CCC(=O)NCCN. The first-order valence-electron chi connectivity index (χ1n) is 9.39. The van der Waals surface area contributed by atoms with Crippen molar-refractivity contribution in [2.75, 3.05) is 13.1 Å². The van der Waals surface area contributed by atoms with Crippen LogP contribution in [0.1, 0.15) is 39.7 Å². The van der Waals surface area contributed by atoms with Gasteiger partial charge in [-0.15, -0.1) is 15.0 Å². The largest absolute Gasteiger partial charge is 0.505 e. The van der Waals surface area contributed by atoms with Crippen molar-refractivity contribution in [2.45, 2.75) is 39.5 Å². The van der Waals surface area contributed by atoms with Gasteiger partial charge in [-0.05, 0) is 23.6 Å². The summed E-state index contributed by atoms with van der Waals surface area (Å²) in [5.74, 6) is 0.302. The molecule has 7 heteroatoms. The van der Waals surface area contributed by atoms with Crippen molar-refractivity contribution < 1.29 is 9.90 Å². The van der Waals surface area contributed by atoms with E-state index in [2.05, 4.69) is 36.3 Å². The smallest absolute Gasteiger partial charge is 0.219 e. The van der Waals surface area contributed by atoms with Crippen LogP contribution in [-0.2, 0) is 10.2 Å². The normalized spacial score (nSPS) is 11.0. The number of hydrogen-bond donors (Lipinski definition) is 3. The number of aromatic nitrogens is 3. The molecule has 0 saturated carbocycles. The number of nitrogens with two attached hydrogens (primary N) is 1. The topological polar surface area (TPSA) is 106 Å². The molecule has 28 heavy (non-hydrogen) atoms. The third-order valence-corrected chi connectivity index (χ3v) is 4.11. The first-order valence-corrected chi connectivity index (χ1v) is 9.39. The van der Waals surface area contributed by atoms with Crippen molar-refractivity contribution in [3.63, 3.8) is 0 Å². The number of hydrogen-bond acceptors (Lipinski definition) is 5. The van der Waals surface area contributed by atoms with Crippen molar-refractivity contribution in [2.24, 2.45) is 5.73 Å². The minimum absolute atomic E-state index is 0.0652. The molecular weight excluding hydrogens is 354 g/mol. The van der Waals surface area contributed by atoms with Crippen molar-refractivity contribution in [1.82, 2.24) is 20.3 Å². The molecule has 0 fully saturated rings. The average Bonchev–Trinajstić information content (AvgIpc) is 3.09. The summed E-state index contributed by atoms with van der Waals surface area (Å²) in [6.07, 6.45) is 0.542. The highest BCUT2D eigenvalue weighted by atomic mass is 16.3. The van der Waals surface area contributed by atoms with Gasteiger partial charge in [0.25, 0.3) is 0 Å². The summed E-state index contributed by atoms with van der Waals surface area (Å²) in [6, 6.07) is 13.3. The molecule has 3 rings (SSSR count). The molecule has 1 amide bonds. The number of carbonyl (C=O) groups excluding carboxylic acids is 1. The van der Waals surface area contributed by atoms with Gasteiger partial charge in [-0.1, -0.05) is 52.0 Å². The highest BCUT2D eigenvalue weighted by molar-refractivity contribution is 5.75. The molecule has 0 aliphatic heterocycles. The minimum atomic E-state index is -0.132. The summed E-state index contributed by atoms with van der Waals surface area (Å²) >= 11 is 0. The van der Waals surface area contributed by atoms with E-state index in [-0.39, 0.29) is 17.1 Å². The van der Waals surface area contributed by atoms with Gasteiger partial charge in [-0.2, -0.15) is 0 Å². The molecule has 2 aromatic carbocycles. The summed E-state index contributed by atoms with van der Waals surface area (Å²) in [6.45, 7) is 9.13. The van der Waals surface area contributed by atoms with Gasteiger partial charge >= 0.3 is 0 Å². The zero-order valence-electron chi connectivity index (χ0n) is 16.9. The maximum Gasteiger partial charge on any atom is 0.219 e. The summed E-state index contributed by atoms with van der Waals surface area (Å²) in [5.41, 5.74) is 8.10. The zero-order chi connectivity index (χ0) is 20.7. The number of aromatic hydroxyl groups is 1. The first-order chi connectivity index (χ1) is 13.3. The van der Waals surface area contributed by atoms with Gasteiger partial charge in [0.1, 0.15) is 22.5 Å². The van der Waals surface area contributed by atoms with Crippen molar-refractivity contribution in [3.05, 3.63) is 48.0 Å². The van der Waals surface area contributed by atoms with Gasteiger partial charge in [0, 0.05) is 25.1 Å². The van der Waals surface area contributed by atoms with E-state index in [1.54, 1.807) is 0 Å². The molecule has 0 radical (unpaired) electrons. The Labute approximate surface area is 165 Å². The zero-order valence-corrected chi connectivity index (χ0v) is 16.9. The van der Waals surface area contributed by atoms with Crippen LogP contribution in [-0.4, -0.2) is 39.1 Å². The standard InChI is InChI=1S/C16H17N3O.C5H12N2O/c1-16(2,3)11-7-6-10-14(15(11)20)19-17-12-8-4-5-9-13(12)18-19;1-2-5(8)7-4-3-6/h4-10,20H,1-3H3;2-4,6H2,1H3,(H,7,8). The number of nitrogens with one attached hydrogen (secondary N) is 1. The summed E-state index contributed by atoms with van der Waals surface area (Å²) in [4.78, 5) is 11.9. The Morgan fingerprint density at radius 2 is 1.71 bits per heavy atom. The minimum Gasteiger partial charge on any atom is -0.505 e. The van der Waals surface area contributed by atoms with E-state index in [1.807, 2.05) is 49.4 Å². The third kappa shape index (κ3) is 5.29. The summed E-state index contributed by atoms with van der Waals surface area (Å²) in [7, 11) is 0. The van der Waals surface area contributed by atoms with Gasteiger partial charge in [0.15, 0.2) is 0 Å². The number of benzene rings is 2. The third-order valence-electron chi connectivity index (χ3n) is 4.11. The van der Waals surface area contributed by atoms with E-state index < -0.39 is 0 Å². The van der Waals surface area contributed by atoms with Crippen molar-refractivity contribution >= 4 is 16.9 Å². The van der Waals surface area contributed by atoms with Crippen LogP contribution in [0.15, 0.2) is 42.5 Å². The Morgan fingerprint density at radius 1 is 1.11 bits per heavy atom. The Bertz CT molecular complexity index is 895. The predicted octanol–water partition coefficient (Wildman–Crippen LogP) is 2.89. The number of rotatable bonds is 4. The lowest BCUT2D eigenvalue weighted by Crippen LogP contribution is -2.28. The molecule has 150 valence electrons. The molecule has 1 heterocycles. The van der Waals surface area contributed by atoms with Crippen LogP contribution >= 0.6 is 0 Å². The number of phenolic OH excluding ortho intramolecular Hbond substituents is 1. The predicted molar refractivity (Wildman–Crippen MR) is 112 cm³/mol. The molecule has 0 spiro atoms. The number of phenols is 1. The van der Waals surface area contributed by atoms with Crippen LogP contribution < -0.4 is 11.1 Å². The molecule has 3 aromatic rings. The number of fused-ring (bicyclic) bond motifs is 1. The molecule has 0 unspecified atom stereocenters. The van der Waals surface area contributed by atoms with E-state index in [4.69, 9.17) is 5.73 Å². The van der Waals surface area contributed by atoms with Crippen LogP contribution in [0.3, 0.4) is 0 Å². The van der Waals surface area contributed by atoms with Gasteiger partial charge in [0.2, 0.25) is 5.91 Å². The molecule has 0 aliphatic rings. The molecule has 0 atom stereocenters. The lowest BCUT2D eigenvalue weighted by Gasteiger charge is -2.21. The highest BCUT2D eigenvalue weighted by Crippen LogP contribution is 2.34. The fourth-order valence-corrected chi connectivity index (χ4v) is 2.60. The van der Waals surface area contributed by atoms with Gasteiger partial charge in [-0.3, -0.25) is 4.79 Å². The molecule has 0 bridgehead atoms. The highest BCUT2D eigenvalue weighted by Gasteiger charge is 2.21. The quantitative estimate of drug-likeness (QED) is 0.642. The van der Waals surface area contributed by atoms with E-state index in [1.165, 1.54) is 4.80 Å². The van der Waals surface area contributed by atoms with E-state index >= 15 is 0 Å². The van der Waals surface area contributed by atoms with E-state index in [0.717, 1.165) is 16.6 Å². The average molecular weight is 383 g/mol. The fraction of sp³-hybridized carbons (Fsp3) is 0.381. The second kappa shape index (κ2) is 9.32. The van der Waals surface area contributed by atoms with Crippen LogP contribution in [0.25, 0.3) is 16.7 Å². The van der Waals surface area contributed by atoms with Gasteiger partial charge < -0.3 is 16.2 Å². The molecule has 0 saturated heterocycles. The Morgan fingerprint density at radius 3 is 2.21 bits per heavy atom. The molecule has 4 N–H and O–H groups in total. The van der Waals surface area contributed by atoms with E-state index in [9.17, 15) is 9.90 Å². The van der Waals surface area contributed by atoms with Crippen LogP contribution in [0.4, 0.5) is 0 Å². The molecule has 0 aliphatic carbocycles. The summed E-state index contributed by atoms with van der Waals surface area (Å²) < 4.78 is 0. The molecular formula is C21H29N5O2. The number of nitrogens with zero attached hydrogens (tertiary/aromatic N) is 3. The molecule has 7 nitrogen and oxygen atoms in total. The van der Waals surface area contributed by atoms with Crippen LogP contribution in [0.5, 0.6) is 5.75 Å². The van der Waals surface area contributed by atoms with Crippen LogP contribution in [0.2, 0.25) is 0 Å². The van der Waals surface area contributed by atoms with Crippen LogP contribution in [0, 0.1) is 0 Å². The first kappa shape index (κ1) is 21.4. The van der Waals surface area contributed by atoms with Crippen molar-refractivity contribution in [1.29, 1.82) is 0 Å². The maximum atomic E-state index is 10.5. The number of para-hydroxylation sites is 1. The fourth-order valence-electron chi connectivity index (χ4n) is 2.60. The van der Waals surface area contributed by atoms with E-state index in [0.29, 0.717) is 25.2 Å². The second-order valence-electron chi connectivity index (χ2n) is 7.39. The van der Waals surface area contributed by atoms with Crippen molar-refractivity contribution in [3.8, 4) is 11.4 Å². The summed E-state index contributed by atoms with van der Waals surface area (Å²) in [5, 5.41) is 21.9. The number of amides is 1. The lowest BCUT2D eigenvalue weighted by molar-refractivity contribution is -0.120. The lowest BCUT2D eigenvalue weighted by atomic mass is 9.86. The number of carbonyl (C=O) groups is 1. The second-order valence-corrected chi connectivity index (χ2v) is 7.39. The Hall–Kier alpha value is -2.93.